The van der Waals surface area contributed by atoms with Gasteiger partial charge in [-0.25, -0.2) is 4.98 Å². The van der Waals surface area contributed by atoms with Crippen LogP contribution in [-0.4, -0.2) is 55.1 Å². The third-order valence-corrected chi connectivity index (χ3v) is 5.22. The van der Waals surface area contributed by atoms with Gasteiger partial charge in [0.1, 0.15) is 0 Å². The lowest BCUT2D eigenvalue weighted by Gasteiger charge is -2.35. The molecule has 1 fully saturated rings. The Labute approximate surface area is 144 Å². The van der Waals surface area contributed by atoms with Crippen LogP contribution in [0.1, 0.15) is 37.4 Å². The van der Waals surface area contributed by atoms with Crippen molar-refractivity contribution in [1.82, 2.24) is 20.5 Å². The second kappa shape index (κ2) is 9.23. The van der Waals surface area contributed by atoms with Crippen molar-refractivity contribution in [2.75, 3.05) is 33.2 Å². The molecule has 2 heterocycles. The minimum atomic E-state index is 0.650. The Morgan fingerprint density at radius 1 is 1.48 bits per heavy atom. The molecule has 1 aliphatic heterocycles. The molecule has 0 bridgehead atoms. The van der Waals surface area contributed by atoms with Crippen molar-refractivity contribution in [3.63, 3.8) is 0 Å². The van der Waals surface area contributed by atoms with E-state index in [4.69, 9.17) is 0 Å². The minimum Gasteiger partial charge on any atom is -0.356 e. The van der Waals surface area contributed by atoms with Crippen LogP contribution in [-0.2, 0) is 6.42 Å². The van der Waals surface area contributed by atoms with E-state index in [1.807, 2.05) is 14.0 Å². The molecule has 2 N–H and O–H groups in total. The first-order valence-electron chi connectivity index (χ1n) is 8.68. The Kier molecular flexibility index (Phi) is 7.30. The maximum absolute atomic E-state index is 4.49. The SMILES string of the molecule is CN=C(NCCc1csc(C)n1)NCC1CCCN(C(C)C)C1. The highest BCUT2D eigenvalue weighted by Crippen LogP contribution is 2.17. The fraction of sp³-hybridized carbons (Fsp3) is 0.765. The van der Waals surface area contributed by atoms with E-state index in [1.54, 1.807) is 11.3 Å². The molecule has 6 heteroatoms. The van der Waals surface area contributed by atoms with E-state index >= 15 is 0 Å². The summed E-state index contributed by atoms with van der Waals surface area (Å²) >= 11 is 1.71. The summed E-state index contributed by atoms with van der Waals surface area (Å²) in [6.45, 7) is 10.9. The molecule has 0 aliphatic carbocycles. The lowest BCUT2D eigenvalue weighted by Crippen LogP contribution is -2.46. The number of thiazole rings is 1. The van der Waals surface area contributed by atoms with Gasteiger partial charge < -0.3 is 15.5 Å². The second-order valence-electron chi connectivity index (χ2n) is 6.58. The Morgan fingerprint density at radius 3 is 2.96 bits per heavy atom. The topological polar surface area (TPSA) is 52.6 Å². The van der Waals surface area contributed by atoms with Crippen LogP contribution in [0.2, 0.25) is 0 Å². The smallest absolute Gasteiger partial charge is 0.190 e. The molecule has 0 spiro atoms. The molecule has 1 atom stereocenters. The summed E-state index contributed by atoms with van der Waals surface area (Å²) in [6.07, 6.45) is 3.56. The number of nitrogens with one attached hydrogen (secondary N) is 2. The van der Waals surface area contributed by atoms with Crippen LogP contribution in [0, 0.1) is 12.8 Å². The van der Waals surface area contributed by atoms with Gasteiger partial charge in [-0.1, -0.05) is 0 Å². The van der Waals surface area contributed by atoms with Gasteiger partial charge in [-0.15, -0.1) is 11.3 Å². The van der Waals surface area contributed by atoms with Crippen LogP contribution in [0.3, 0.4) is 0 Å². The average Bonchev–Trinajstić information content (AvgIpc) is 2.96. The van der Waals surface area contributed by atoms with E-state index in [1.165, 1.54) is 25.9 Å². The van der Waals surface area contributed by atoms with Crippen LogP contribution in [0.4, 0.5) is 0 Å². The quantitative estimate of drug-likeness (QED) is 0.618. The van der Waals surface area contributed by atoms with E-state index < -0.39 is 0 Å². The number of likely N-dealkylation sites (tertiary alicyclic amines) is 1. The van der Waals surface area contributed by atoms with Gasteiger partial charge in [0.2, 0.25) is 0 Å². The monoisotopic (exact) mass is 337 g/mol. The van der Waals surface area contributed by atoms with Crippen LogP contribution < -0.4 is 10.6 Å². The van der Waals surface area contributed by atoms with E-state index in [9.17, 15) is 0 Å². The van der Waals surface area contributed by atoms with E-state index in [-0.39, 0.29) is 0 Å². The molecular formula is C17H31N5S. The Hall–Kier alpha value is -1.14. The minimum absolute atomic E-state index is 0.650. The standard InChI is InChI=1S/C17H31N5S/c1-13(2)22-9-5-6-15(11-22)10-20-17(18-4)19-8-7-16-12-23-14(3)21-16/h12-13,15H,5-11H2,1-4H3,(H2,18,19,20). The van der Waals surface area contributed by atoms with Crippen LogP contribution in [0.25, 0.3) is 0 Å². The maximum atomic E-state index is 4.49. The normalized spacial score (nSPS) is 20.0. The van der Waals surface area contributed by atoms with Gasteiger partial charge in [-0.2, -0.15) is 0 Å². The largest absolute Gasteiger partial charge is 0.356 e. The van der Waals surface area contributed by atoms with Crippen molar-refractivity contribution in [3.8, 4) is 0 Å². The van der Waals surface area contributed by atoms with Crippen LogP contribution >= 0.6 is 11.3 Å². The number of nitrogens with zero attached hydrogens (tertiary/aromatic N) is 3. The van der Waals surface area contributed by atoms with Gasteiger partial charge in [0.05, 0.1) is 10.7 Å². The molecular weight excluding hydrogens is 306 g/mol. The first-order chi connectivity index (χ1) is 11.1. The maximum Gasteiger partial charge on any atom is 0.190 e. The summed E-state index contributed by atoms with van der Waals surface area (Å²) in [4.78, 5) is 11.4. The highest BCUT2D eigenvalue weighted by molar-refractivity contribution is 7.09. The van der Waals surface area contributed by atoms with E-state index in [2.05, 4.69) is 44.7 Å². The fourth-order valence-corrected chi connectivity index (χ4v) is 3.67. The van der Waals surface area contributed by atoms with Gasteiger partial charge in [0, 0.05) is 44.5 Å². The molecule has 0 aromatic carbocycles. The van der Waals surface area contributed by atoms with Crippen molar-refractivity contribution < 1.29 is 0 Å². The molecule has 5 nitrogen and oxygen atoms in total. The van der Waals surface area contributed by atoms with E-state index in [0.717, 1.165) is 36.2 Å². The lowest BCUT2D eigenvalue weighted by atomic mass is 9.97. The molecule has 1 aliphatic rings. The zero-order chi connectivity index (χ0) is 16.7. The van der Waals surface area contributed by atoms with Crippen molar-refractivity contribution in [1.29, 1.82) is 0 Å². The highest BCUT2D eigenvalue weighted by Gasteiger charge is 2.21. The summed E-state index contributed by atoms with van der Waals surface area (Å²) in [6, 6.07) is 0.650. The number of rotatable bonds is 6. The van der Waals surface area contributed by atoms with Crippen molar-refractivity contribution in [3.05, 3.63) is 16.1 Å². The first-order valence-corrected chi connectivity index (χ1v) is 9.56. The molecule has 0 radical (unpaired) electrons. The third-order valence-electron chi connectivity index (χ3n) is 4.40. The zero-order valence-electron chi connectivity index (χ0n) is 14.9. The van der Waals surface area contributed by atoms with E-state index in [0.29, 0.717) is 12.0 Å². The number of hydrogen-bond donors (Lipinski definition) is 2. The van der Waals surface area contributed by atoms with Crippen molar-refractivity contribution in [2.24, 2.45) is 10.9 Å². The van der Waals surface area contributed by atoms with Gasteiger partial charge in [0.15, 0.2) is 5.96 Å². The summed E-state index contributed by atoms with van der Waals surface area (Å²) in [7, 11) is 1.84. The summed E-state index contributed by atoms with van der Waals surface area (Å²) in [5.41, 5.74) is 1.16. The summed E-state index contributed by atoms with van der Waals surface area (Å²) < 4.78 is 0. The summed E-state index contributed by atoms with van der Waals surface area (Å²) in [5.74, 6) is 1.62. The Balaban J connectivity index is 1.68. The van der Waals surface area contributed by atoms with Gasteiger partial charge in [0.25, 0.3) is 0 Å². The number of aromatic nitrogens is 1. The molecule has 23 heavy (non-hydrogen) atoms. The molecule has 2 rings (SSSR count). The fourth-order valence-electron chi connectivity index (χ4n) is 3.03. The zero-order valence-corrected chi connectivity index (χ0v) is 15.7. The lowest BCUT2D eigenvalue weighted by molar-refractivity contribution is 0.141. The average molecular weight is 338 g/mol. The van der Waals surface area contributed by atoms with Crippen LogP contribution in [0.5, 0.6) is 0 Å². The predicted molar refractivity (Wildman–Crippen MR) is 99.4 cm³/mol. The molecule has 1 aromatic heterocycles. The molecule has 1 saturated heterocycles. The number of aryl methyl sites for hydroxylation is 1. The van der Waals surface area contributed by atoms with Crippen molar-refractivity contribution >= 4 is 17.3 Å². The number of guanidine groups is 1. The van der Waals surface area contributed by atoms with Gasteiger partial charge in [-0.3, -0.25) is 4.99 Å². The molecule has 130 valence electrons. The molecule has 0 saturated carbocycles. The Bertz CT molecular complexity index is 497. The molecule has 0 amide bonds. The number of piperidine rings is 1. The Morgan fingerprint density at radius 2 is 2.30 bits per heavy atom. The third kappa shape index (κ3) is 6.11. The molecule has 1 aromatic rings. The second-order valence-corrected chi connectivity index (χ2v) is 7.65. The van der Waals surface area contributed by atoms with Crippen molar-refractivity contribution in [2.45, 2.75) is 46.1 Å². The van der Waals surface area contributed by atoms with Gasteiger partial charge in [-0.05, 0) is 46.1 Å². The highest BCUT2D eigenvalue weighted by atomic mass is 32.1. The van der Waals surface area contributed by atoms with Gasteiger partial charge >= 0.3 is 0 Å². The molecule has 1 unspecified atom stereocenters. The number of hydrogen-bond acceptors (Lipinski definition) is 4. The predicted octanol–water partition coefficient (Wildman–Crippen LogP) is 2.28. The first kappa shape index (κ1) is 18.2. The van der Waals surface area contributed by atoms with Crippen LogP contribution in [0.15, 0.2) is 10.4 Å². The summed E-state index contributed by atoms with van der Waals surface area (Å²) in [5, 5.41) is 10.1. The number of aliphatic imine (C=N–C) groups is 1.